The average molecular weight is 387 g/mol. The molecule has 1 aliphatic carbocycles. The monoisotopic (exact) mass is 386 g/mol. The van der Waals surface area contributed by atoms with E-state index < -0.39 is 0 Å². The Morgan fingerprint density at radius 3 is 2.30 bits per heavy atom. The van der Waals surface area contributed by atoms with E-state index in [-0.39, 0.29) is 23.7 Å². The molecule has 142 valence electrons. The number of nitrogens with one attached hydrogen (secondary N) is 2. The maximum Gasteiger partial charge on any atom is 0.228 e. The van der Waals surface area contributed by atoms with Crippen molar-refractivity contribution in [1.29, 1.82) is 0 Å². The van der Waals surface area contributed by atoms with Crippen LogP contribution < -0.4 is 15.4 Å². The quantitative estimate of drug-likeness (QED) is 0.795. The first-order valence-electron chi connectivity index (χ1n) is 8.83. The van der Waals surface area contributed by atoms with Gasteiger partial charge in [0.15, 0.2) is 0 Å². The van der Waals surface area contributed by atoms with Crippen LogP contribution in [0, 0.1) is 32.6 Å². The highest BCUT2D eigenvalue weighted by molar-refractivity contribution is 6.34. The standard InChI is InChI=1S/C21H23ClN2O3/c1-11-5-6-18(27-4)17(9-11)23-20(25)14-10-15(14)21(26)24-19-13(3)7-12(2)8-16(19)22/h5-9,14-15H,10H2,1-4H3,(H,23,25)(H,24,26). The molecule has 0 aromatic heterocycles. The zero-order valence-corrected chi connectivity index (χ0v) is 16.6. The summed E-state index contributed by atoms with van der Waals surface area (Å²) in [5.74, 6) is -0.457. The van der Waals surface area contributed by atoms with Gasteiger partial charge < -0.3 is 15.4 Å². The molecule has 0 saturated heterocycles. The van der Waals surface area contributed by atoms with Gasteiger partial charge in [0.25, 0.3) is 0 Å². The highest BCUT2D eigenvalue weighted by Gasteiger charge is 2.48. The summed E-state index contributed by atoms with van der Waals surface area (Å²) in [4.78, 5) is 25.1. The smallest absolute Gasteiger partial charge is 0.228 e. The first-order chi connectivity index (χ1) is 12.8. The van der Waals surface area contributed by atoms with Gasteiger partial charge >= 0.3 is 0 Å². The number of carbonyl (C=O) groups excluding carboxylic acids is 2. The molecule has 2 amide bonds. The SMILES string of the molecule is COc1ccc(C)cc1NC(=O)C1CC1C(=O)Nc1c(C)cc(C)cc1Cl. The number of methoxy groups -OCH3 is 1. The molecule has 2 aromatic carbocycles. The van der Waals surface area contributed by atoms with Gasteiger partial charge in [-0.05, 0) is 62.1 Å². The van der Waals surface area contributed by atoms with Crippen LogP contribution in [0.3, 0.4) is 0 Å². The number of rotatable bonds is 5. The second-order valence-electron chi connectivity index (χ2n) is 7.07. The molecule has 0 spiro atoms. The van der Waals surface area contributed by atoms with Crippen molar-refractivity contribution in [3.05, 3.63) is 52.0 Å². The number of anilines is 2. The van der Waals surface area contributed by atoms with E-state index in [0.29, 0.717) is 28.6 Å². The molecule has 27 heavy (non-hydrogen) atoms. The van der Waals surface area contributed by atoms with E-state index in [2.05, 4.69) is 10.6 Å². The minimum atomic E-state index is -0.349. The van der Waals surface area contributed by atoms with Crippen molar-refractivity contribution in [3.63, 3.8) is 0 Å². The minimum absolute atomic E-state index is 0.175. The number of ether oxygens (including phenoxy) is 1. The highest BCUT2D eigenvalue weighted by Crippen LogP contribution is 2.41. The Hall–Kier alpha value is -2.53. The Balaban J connectivity index is 1.65. The van der Waals surface area contributed by atoms with Crippen molar-refractivity contribution in [3.8, 4) is 5.75 Å². The number of benzene rings is 2. The van der Waals surface area contributed by atoms with Crippen LogP contribution in [0.4, 0.5) is 11.4 Å². The van der Waals surface area contributed by atoms with Crippen molar-refractivity contribution >= 4 is 34.8 Å². The predicted molar refractivity (Wildman–Crippen MR) is 108 cm³/mol. The summed E-state index contributed by atoms with van der Waals surface area (Å²) in [6.45, 7) is 5.79. The summed E-state index contributed by atoms with van der Waals surface area (Å²) < 4.78 is 5.28. The molecular formula is C21H23ClN2O3. The van der Waals surface area contributed by atoms with Crippen LogP contribution in [0.2, 0.25) is 5.02 Å². The molecule has 2 N–H and O–H groups in total. The number of amides is 2. The molecule has 2 aromatic rings. The zero-order valence-electron chi connectivity index (χ0n) is 15.9. The molecule has 6 heteroatoms. The van der Waals surface area contributed by atoms with Gasteiger partial charge in [0.05, 0.1) is 35.3 Å². The van der Waals surface area contributed by atoms with Crippen molar-refractivity contribution in [2.45, 2.75) is 27.2 Å². The van der Waals surface area contributed by atoms with Crippen molar-refractivity contribution in [1.82, 2.24) is 0 Å². The van der Waals surface area contributed by atoms with E-state index in [4.69, 9.17) is 16.3 Å². The van der Waals surface area contributed by atoms with Gasteiger partial charge in [-0.2, -0.15) is 0 Å². The fourth-order valence-corrected chi connectivity index (χ4v) is 3.58. The van der Waals surface area contributed by atoms with Crippen molar-refractivity contribution < 1.29 is 14.3 Å². The van der Waals surface area contributed by atoms with Crippen LogP contribution in [0.25, 0.3) is 0 Å². The lowest BCUT2D eigenvalue weighted by molar-refractivity contribution is -0.122. The third kappa shape index (κ3) is 4.25. The first-order valence-corrected chi connectivity index (χ1v) is 9.21. The molecule has 1 fully saturated rings. The van der Waals surface area contributed by atoms with Crippen LogP contribution in [-0.2, 0) is 9.59 Å². The van der Waals surface area contributed by atoms with Gasteiger partial charge in [-0.1, -0.05) is 23.7 Å². The molecule has 0 aliphatic heterocycles. The van der Waals surface area contributed by atoms with Crippen LogP contribution in [0.15, 0.2) is 30.3 Å². The Morgan fingerprint density at radius 2 is 1.67 bits per heavy atom. The van der Waals surface area contributed by atoms with Crippen molar-refractivity contribution in [2.75, 3.05) is 17.7 Å². The molecule has 0 bridgehead atoms. The third-order valence-corrected chi connectivity index (χ3v) is 5.05. The predicted octanol–water partition coefficient (Wildman–Crippen LogP) is 4.49. The van der Waals surface area contributed by atoms with E-state index in [1.165, 1.54) is 0 Å². The molecule has 5 nitrogen and oxygen atoms in total. The van der Waals surface area contributed by atoms with Gasteiger partial charge in [-0.15, -0.1) is 0 Å². The molecule has 0 heterocycles. The van der Waals surface area contributed by atoms with Crippen LogP contribution in [-0.4, -0.2) is 18.9 Å². The number of halogens is 1. The zero-order chi connectivity index (χ0) is 19.7. The summed E-state index contributed by atoms with van der Waals surface area (Å²) >= 11 is 6.25. The molecule has 2 unspecified atom stereocenters. The Labute approximate surface area is 164 Å². The van der Waals surface area contributed by atoms with E-state index in [1.54, 1.807) is 7.11 Å². The van der Waals surface area contributed by atoms with Crippen LogP contribution in [0.5, 0.6) is 5.75 Å². The summed E-state index contributed by atoms with van der Waals surface area (Å²) in [7, 11) is 1.56. The van der Waals surface area contributed by atoms with E-state index in [9.17, 15) is 9.59 Å². The lowest BCUT2D eigenvalue weighted by atomic mass is 10.1. The lowest BCUT2D eigenvalue weighted by Gasteiger charge is -2.12. The van der Waals surface area contributed by atoms with Crippen LogP contribution >= 0.6 is 11.6 Å². The van der Waals surface area contributed by atoms with Gasteiger partial charge in [0.2, 0.25) is 11.8 Å². The van der Waals surface area contributed by atoms with Crippen molar-refractivity contribution in [2.24, 2.45) is 11.8 Å². The number of carbonyl (C=O) groups is 2. The average Bonchev–Trinajstić information content (AvgIpc) is 3.39. The van der Waals surface area contributed by atoms with Gasteiger partial charge in [0, 0.05) is 0 Å². The molecule has 1 aliphatic rings. The highest BCUT2D eigenvalue weighted by atomic mass is 35.5. The minimum Gasteiger partial charge on any atom is -0.495 e. The lowest BCUT2D eigenvalue weighted by Crippen LogP contribution is -2.21. The summed E-state index contributed by atoms with van der Waals surface area (Å²) in [6.07, 6.45) is 0.522. The second-order valence-corrected chi connectivity index (χ2v) is 7.48. The molecule has 2 atom stereocenters. The maximum absolute atomic E-state index is 12.5. The maximum atomic E-state index is 12.5. The Bertz CT molecular complexity index is 887. The molecule has 3 rings (SSSR count). The normalized spacial score (nSPS) is 18.0. The number of aryl methyl sites for hydroxylation is 3. The largest absolute Gasteiger partial charge is 0.495 e. The van der Waals surface area contributed by atoms with E-state index in [1.807, 2.05) is 51.1 Å². The van der Waals surface area contributed by atoms with Gasteiger partial charge in [0.1, 0.15) is 5.75 Å². The topological polar surface area (TPSA) is 67.4 Å². The fourth-order valence-electron chi connectivity index (χ4n) is 3.21. The Morgan fingerprint density at radius 1 is 1.00 bits per heavy atom. The summed E-state index contributed by atoms with van der Waals surface area (Å²) in [5, 5.41) is 6.25. The third-order valence-electron chi connectivity index (χ3n) is 4.76. The summed E-state index contributed by atoms with van der Waals surface area (Å²) in [6, 6.07) is 9.34. The summed E-state index contributed by atoms with van der Waals surface area (Å²) in [5.41, 5.74) is 4.18. The number of hydrogen-bond acceptors (Lipinski definition) is 3. The number of hydrogen-bond donors (Lipinski definition) is 2. The molecular weight excluding hydrogens is 364 g/mol. The van der Waals surface area contributed by atoms with Crippen LogP contribution in [0.1, 0.15) is 23.1 Å². The fraction of sp³-hybridized carbons (Fsp3) is 0.333. The molecule has 1 saturated carbocycles. The van der Waals surface area contributed by atoms with E-state index in [0.717, 1.165) is 16.7 Å². The first kappa shape index (κ1) is 19.2. The second kappa shape index (κ2) is 7.61. The van der Waals surface area contributed by atoms with Gasteiger partial charge in [-0.25, -0.2) is 0 Å². The molecule has 0 radical (unpaired) electrons. The van der Waals surface area contributed by atoms with Gasteiger partial charge in [-0.3, -0.25) is 9.59 Å². The Kier molecular flexibility index (Phi) is 5.42. The van der Waals surface area contributed by atoms with E-state index >= 15 is 0 Å².